The molecule has 1 fully saturated rings. The molecule has 292 valence electrons. The summed E-state index contributed by atoms with van der Waals surface area (Å²) >= 11 is 13.5. The van der Waals surface area contributed by atoms with Crippen LogP contribution in [0.5, 0.6) is 0 Å². The van der Waals surface area contributed by atoms with E-state index in [1.54, 1.807) is 43.3 Å². The summed E-state index contributed by atoms with van der Waals surface area (Å²) < 4.78 is 42.2. The molecule has 4 atom stereocenters. The zero-order valence-corrected chi connectivity index (χ0v) is 34.1. The minimum absolute atomic E-state index is 0.00245. The first-order valence-corrected chi connectivity index (χ1v) is 22.8. The highest BCUT2D eigenvalue weighted by molar-refractivity contribution is 8.77. The van der Waals surface area contributed by atoms with E-state index in [0.29, 0.717) is 33.9 Å². The van der Waals surface area contributed by atoms with Crippen LogP contribution in [0.4, 0.5) is 0 Å². The van der Waals surface area contributed by atoms with Gasteiger partial charge in [-0.25, -0.2) is 13.2 Å². The Morgan fingerprint density at radius 2 is 1.87 bits per heavy atom. The molecule has 2 N–H and O–H groups in total. The smallest absolute Gasteiger partial charge is 0.347 e. The summed E-state index contributed by atoms with van der Waals surface area (Å²) in [4.78, 5) is 56.8. The second-order valence-electron chi connectivity index (χ2n) is 13.5. The summed E-state index contributed by atoms with van der Waals surface area (Å²) in [6.45, 7) is 1.79. The third-order valence-corrected chi connectivity index (χ3v) is 14.6. The van der Waals surface area contributed by atoms with Gasteiger partial charge in [0, 0.05) is 34.8 Å². The van der Waals surface area contributed by atoms with Crippen molar-refractivity contribution in [2.24, 2.45) is 11.7 Å². The number of furan rings is 1. The van der Waals surface area contributed by atoms with Gasteiger partial charge in [-0.3, -0.25) is 14.4 Å². The van der Waals surface area contributed by atoms with Crippen LogP contribution in [0.3, 0.4) is 0 Å². The lowest BCUT2D eigenvalue weighted by Gasteiger charge is -2.42. The number of carbonyl (C=O) groups excluding carboxylic acids is 4. The van der Waals surface area contributed by atoms with Gasteiger partial charge in [0.2, 0.25) is 0 Å². The van der Waals surface area contributed by atoms with Gasteiger partial charge < -0.3 is 24.5 Å². The minimum atomic E-state index is -3.64. The van der Waals surface area contributed by atoms with Crippen LogP contribution in [0, 0.1) is 5.92 Å². The van der Waals surface area contributed by atoms with E-state index < -0.39 is 51.7 Å². The highest BCUT2D eigenvalue weighted by atomic mass is 35.5. The molecule has 6 rings (SSSR count). The number of esters is 2. The number of rotatable bonds is 14. The van der Waals surface area contributed by atoms with Crippen LogP contribution in [0.2, 0.25) is 10.0 Å². The topological polar surface area (TPSA) is 163 Å². The zero-order chi connectivity index (χ0) is 39.4. The van der Waals surface area contributed by atoms with Crippen LogP contribution in [-0.2, 0) is 41.7 Å². The number of hydrogen-bond acceptors (Lipinski definition) is 11. The Balaban J connectivity index is 1.47. The van der Waals surface area contributed by atoms with Crippen LogP contribution in [0.15, 0.2) is 70.2 Å². The summed E-state index contributed by atoms with van der Waals surface area (Å²) in [7, 11) is -0.0184. The second-order valence-corrected chi connectivity index (χ2v) is 19.1. The fraction of sp³-hybridized carbons (Fsp3) is 0.385. The quantitative estimate of drug-likeness (QED) is 0.0980. The predicted octanol–water partition coefficient (Wildman–Crippen LogP) is 7.64. The van der Waals surface area contributed by atoms with Crippen LogP contribution in [0.25, 0.3) is 11.0 Å². The highest BCUT2D eigenvalue weighted by Crippen LogP contribution is 2.45. The molecule has 0 aliphatic carbocycles. The number of ether oxygens (including phenoxy) is 2. The highest BCUT2D eigenvalue weighted by Gasteiger charge is 2.44. The number of sulfone groups is 1. The van der Waals surface area contributed by atoms with Crippen molar-refractivity contribution in [1.29, 1.82) is 0 Å². The maximum atomic E-state index is 14.8. The Kier molecular flexibility index (Phi) is 13.1. The first-order chi connectivity index (χ1) is 26.3. The molecule has 2 amide bonds. The molecule has 1 saturated heterocycles. The minimum Gasteiger partial charge on any atom is -0.464 e. The van der Waals surface area contributed by atoms with Crippen molar-refractivity contribution in [3.8, 4) is 0 Å². The van der Waals surface area contributed by atoms with Gasteiger partial charge in [-0.1, -0.05) is 63.0 Å². The van der Waals surface area contributed by atoms with Crippen molar-refractivity contribution < 1.29 is 41.5 Å². The molecule has 2 aliphatic rings. The van der Waals surface area contributed by atoms with Crippen LogP contribution >= 0.6 is 44.8 Å². The van der Waals surface area contributed by atoms with E-state index in [-0.39, 0.29) is 58.5 Å². The van der Waals surface area contributed by atoms with Crippen LogP contribution in [-0.4, -0.2) is 73.6 Å². The SMILES string of the molecule is CCOC(=O)C(CCC[C@@H]1CCSS1)OC(=O)[C@@H](Cc1cccc(S(C)(=O)=O)c1)C1c2cc(Cl)c(C(N)=O)c(Cl)c2CCN1C(=O)c1ccc2ccoc2c1. The van der Waals surface area contributed by atoms with E-state index in [9.17, 15) is 27.6 Å². The molecule has 2 aliphatic heterocycles. The number of carbonyl (C=O) groups is 4. The first kappa shape index (κ1) is 41.0. The number of primary amides is 1. The number of hydrogen-bond donors (Lipinski definition) is 1. The molecule has 0 radical (unpaired) electrons. The van der Waals surface area contributed by atoms with Crippen LogP contribution < -0.4 is 5.73 Å². The lowest BCUT2D eigenvalue weighted by Crippen LogP contribution is -2.47. The van der Waals surface area contributed by atoms with E-state index in [1.165, 1.54) is 29.4 Å². The fourth-order valence-corrected chi connectivity index (χ4v) is 11.6. The molecule has 55 heavy (non-hydrogen) atoms. The van der Waals surface area contributed by atoms with E-state index in [4.69, 9.17) is 42.8 Å². The maximum absolute atomic E-state index is 14.8. The third-order valence-electron chi connectivity index (χ3n) is 9.82. The molecule has 11 nitrogen and oxygen atoms in total. The molecule has 0 spiro atoms. The monoisotopic (exact) mass is 846 g/mol. The molecular weight excluding hydrogens is 808 g/mol. The van der Waals surface area contributed by atoms with Crippen LogP contribution in [0.1, 0.15) is 76.1 Å². The largest absolute Gasteiger partial charge is 0.464 e. The molecule has 16 heteroatoms. The van der Waals surface area contributed by atoms with Gasteiger partial charge >= 0.3 is 11.9 Å². The fourth-order valence-electron chi connectivity index (χ4n) is 7.14. The summed E-state index contributed by atoms with van der Waals surface area (Å²) in [5.41, 5.74) is 7.63. The summed E-state index contributed by atoms with van der Waals surface area (Å²) in [5.74, 6) is -3.00. The standard InChI is InChI=1S/C39H40Cl2N2O9S3/c1-3-50-39(47)31(9-5-7-25-14-17-53-54-25)52-38(46)29(19-22-6-4-8-26(18-22)55(2,48)49)35-28-21-30(40)33(36(42)44)34(41)27(28)12-15-43(35)37(45)24-11-10-23-13-16-51-32(23)20-24/h4,6,8,10-11,13,16,18,20-21,25,29,31,35H,3,5,7,9,12,14-15,17,19H2,1-2H3,(H2,42,44)/t25-,29+,31?,35?/m1/s1. The van der Waals surface area contributed by atoms with Crippen molar-refractivity contribution >= 4 is 89.3 Å². The third kappa shape index (κ3) is 9.31. The number of amides is 2. The first-order valence-electron chi connectivity index (χ1n) is 17.8. The van der Waals surface area contributed by atoms with Gasteiger partial charge in [-0.2, -0.15) is 0 Å². The van der Waals surface area contributed by atoms with E-state index in [0.717, 1.165) is 30.2 Å². The Morgan fingerprint density at radius 1 is 1.07 bits per heavy atom. The maximum Gasteiger partial charge on any atom is 0.347 e. The Hall–Kier alpha value is -3.69. The number of halogens is 2. The van der Waals surface area contributed by atoms with Gasteiger partial charge in [-0.05, 0) is 98.5 Å². The lowest BCUT2D eigenvalue weighted by atomic mass is 9.80. The van der Waals surface area contributed by atoms with Crippen molar-refractivity contribution in [1.82, 2.24) is 4.90 Å². The average Bonchev–Trinajstić information content (AvgIpc) is 3.85. The lowest BCUT2D eigenvalue weighted by molar-refractivity contribution is -0.172. The zero-order valence-electron chi connectivity index (χ0n) is 30.1. The number of nitrogens with two attached hydrogens (primary N) is 1. The average molecular weight is 848 g/mol. The van der Waals surface area contributed by atoms with Crippen molar-refractivity contribution in [3.05, 3.63) is 98.7 Å². The molecule has 2 unspecified atom stereocenters. The number of nitrogens with zero attached hydrogens (tertiary/aromatic N) is 1. The van der Waals surface area contributed by atoms with E-state index in [1.807, 2.05) is 21.6 Å². The number of benzene rings is 3. The van der Waals surface area contributed by atoms with Gasteiger partial charge in [-0.15, -0.1) is 0 Å². The molecule has 0 bridgehead atoms. The van der Waals surface area contributed by atoms with Gasteiger partial charge in [0.1, 0.15) is 5.58 Å². The molecule has 4 aromatic rings. The van der Waals surface area contributed by atoms with Gasteiger partial charge in [0.25, 0.3) is 11.8 Å². The van der Waals surface area contributed by atoms with Crippen molar-refractivity contribution in [3.63, 3.8) is 0 Å². The molecule has 1 aromatic heterocycles. The molecular formula is C39H40Cl2N2O9S3. The Bertz CT molecular complexity index is 2220. The summed E-state index contributed by atoms with van der Waals surface area (Å²) in [5, 5.41) is 1.14. The number of fused-ring (bicyclic) bond motifs is 2. The van der Waals surface area contributed by atoms with Crippen molar-refractivity contribution in [2.75, 3.05) is 25.2 Å². The Labute approximate surface area is 337 Å². The van der Waals surface area contributed by atoms with Gasteiger partial charge in [0.15, 0.2) is 15.9 Å². The van der Waals surface area contributed by atoms with E-state index in [2.05, 4.69) is 0 Å². The normalized spacial score (nSPS) is 18.1. The van der Waals surface area contributed by atoms with E-state index >= 15 is 0 Å². The van der Waals surface area contributed by atoms with Crippen molar-refractivity contribution in [2.45, 2.75) is 67.7 Å². The predicted molar refractivity (Wildman–Crippen MR) is 214 cm³/mol. The Morgan fingerprint density at radius 3 is 2.58 bits per heavy atom. The summed E-state index contributed by atoms with van der Waals surface area (Å²) in [6, 6.07) is 13.3. The molecule has 3 aromatic carbocycles. The summed E-state index contributed by atoms with van der Waals surface area (Å²) in [6.07, 6.45) is 4.11. The van der Waals surface area contributed by atoms with Gasteiger partial charge in [0.05, 0.1) is 45.3 Å². The second kappa shape index (κ2) is 17.6. The molecule has 3 heterocycles. The molecule has 0 saturated carbocycles.